The van der Waals surface area contributed by atoms with E-state index in [1.54, 1.807) is 24.3 Å². The summed E-state index contributed by atoms with van der Waals surface area (Å²) in [5.41, 5.74) is 0.0870. The van der Waals surface area contributed by atoms with Gasteiger partial charge in [-0.2, -0.15) is 13.2 Å². The zero-order valence-electron chi connectivity index (χ0n) is 18.6. The normalized spacial score (nSPS) is 17.9. The van der Waals surface area contributed by atoms with E-state index in [-0.39, 0.29) is 24.7 Å². The van der Waals surface area contributed by atoms with E-state index in [0.717, 1.165) is 23.5 Å². The molecule has 2 aromatic carbocycles. The number of alkyl halides is 3. The fourth-order valence-corrected chi connectivity index (χ4v) is 4.08. The molecule has 4 rings (SSSR count). The van der Waals surface area contributed by atoms with Crippen molar-refractivity contribution in [2.75, 3.05) is 18.5 Å². The second-order valence-corrected chi connectivity index (χ2v) is 8.97. The Hall–Kier alpha value is -3.64. The van der Waals surface area contributed by atoms with Crippen LogP contribution in [0.3, 0.4) is 0 Å². The zero-order chi connectivity index (χ0) is 25.8. The Labute approximate surface area is 207 Å². The van der Waals surface area contributed by atoms with Crippen LogP contribution in [-0.4, -0.2) is 36.2 Å². The summed E-state index contributed by atoms with van der Waals surface area (Å²) < 4.78 is 58.3. The van der Waals surface area contributed by atoms with Gasteiger partial charge in [0.2, 0.25) is 5.91 Å². The van der Waals surface area contributed by atoms with Crippen LogP contribution in [0.15, 0.2) is 59.2 Å². The van der Waals surface area contributed by atoms with Crippen molar-refractivity contribution in [1.29, 1.82) is 0 Å². The van der Waals surface area contributed by atoms with Crippen LogP contribution in [0.5, 0.6) is 0 Å². The van der Waals surface area contributed by atoms with Crippen LogP contribution >= 0.6 is 11.3 Å². The third-order valence-electron chi connectivity index (χ3n) is 5.55. The number of thiazole rings is 1. The first-order valence-corrected chi connectivity index (χ1v) is 11.6. The number of nitrogens with one attached hydrogen (secondary N) is 2. The summed E-state index contributed by atoms with van der Waals surface area (Å²) >= 11 is 1.15. The van der Waals surface area contributed by atoms with Crippen LogP contribution < -0.4 is 10.6 Å². The van der Waals surface area contributed by atoms with Crippen LogP contribution in [0.4, 0.5) is 28.9 Å². The highest BCUT2D eigenvalue weighted by Gasteiger charge is 2.41. The maximum absolute atomic E-state index is 13.3. The fraction of sp³-hybridized carbons (Fsp3) is 0.250. The molecule has 2 heterocycles. The number of carbonyl (C=O) groups excluding carboxylic acids is 2. The second-order valence-electron chi connectivity index (χ2n) is 8.08. The topological polar surface area (TPSA) is 92.7 Å². The van der Waals surface area contributed by atoms with Gasteiger partial charge in [0.25, 0.3) is 5.91 Å². The molecule has 36 heavy (non-hydrogen) atoms. The summed E-state index contributed by atoms with van der Waals surface area (Å²) in [6, 6.07) is 8.78. The van der Waals surface area contributed by atoms with Gasteiger partial charge in [-0.15, -0.1) is 11.3 Å². The summed E-state index contributed by atoms with van der Waals surface area (Å²) in [6.07, 6.45) is -1.63. The first-order valence-electron chi connectivity index (χ1n) is 10.7. The highest BCUT2D eigenvalue weighted by atomic mass is 32.1. The molecule has 1 aliphatic rings. The number of anilines is 2. The molecule has 0 bridgehead atoms. The maximum atomic E-state index is 13.3. The van der Waals surface area contributed by atoms with Crippen molar-refractivity contribution in [2.45, 2.75) is 19.1 Å². The van der Waals surface area contributed by atoms with E-state index in [0.29, 0.717) is 35.2 Å². The van der Waals surface area contributed by atoms with Gasteiger partial charge in [-0.25, -0.2) is 9.38 Å². The van der Waals surface area contributed by atoms with Crippen molar-refractivity contribution in [3.05, 3.63) is 76.0 Å². The van der Waals surface area contributed by atoms with Gasteiger partial charge in [0.1, 0.15) is 16.1 Å². The second kappa shape index (κ2) is 10.5. The molecule has 1 saturated heterocycles. The van der Waals surface area contributed by atoms with Crippen LogP contribution in [0.1, 0.15) is 27.2 Å². The van der Waals surface area contributed by atoms with E-state index in [2.05, 4.69) is 20.6 Å². The minimum Gasteiger partial charge on any atom is -0.380 e. The van der Waals surface area contributed by atoms with E-state index in [4.69, 9.17) is 4.74 Å². The molecule has 7 nitrogen and oxygen atoms in total. The number of ether oxygens (including phenoxy) is 1. The average Bonchev–Trinajstić information content (AvgIpc) is 3.56. The molecular formula is C24H20F4N4O3S. The molecule has 0 aliphatic carbocycles. The smallest absolute Gasteiger partial charge is 0.380 e. The van der Waals surface area contributed by atoms with Crippen molar-refractivity contribution in [3.8, 4) is 0 Å². The number of halogens is 4. The van der Waals surface area contributed by atoms with Crippen molar-refractivity contribution < 1.29 is 31.9 Å². The molecular weight excluding hydrogens is 500 g/mol. The number of amides is 2. The number of carbonyl (C=O) groups is 2. The van der Waals surface area contributed by atoms with Gasteiger partial charge in [-0.1, -0.05) is 12.1 Å². The van der Waals surface area contributed by atoms with E-state index >= 15 is 0 Å². The van der Waals surface area contributed by atoms with Crippen LogP contribution in [0, 0.1) is 11.2 Å². The number of aromatic nitrogens is 1. The van der Waals surface area contributed by atoms with Crippen molar-refractivity contribution >= 4 is 40.7 Å². The molecule has 0 radical (unpaired) electrons. The first-order chi connectivity index (χ1) is 17.2. The average molecular weight is 521 g/mol. The molecule has 0 saturated carbocycles. The lowest BCUT2D eigenvalue weighted by atomic mass is 9.87. The largest absolute Gasteiger partial charge is 0.418 e. The minimum atomic E-state index is -4.72. The highest BCUT2D eigenvalue weighted by Crippen LogP contribution is 2.36. The molecule has 1 fully saturated rings. The number of nitrogens with zero attached hydrogens (tertiary/aromatic N) is 2. The quantitative estimate of drug-likeness (QED) is 0.339. The van der Waals surface area contributed by atoms with Crippen LogP contribution in [0.2, 0.25) is 0 Å². The predicted molar refractivity (Wildman–Crippen MR) is 126 cm³/mol. The molecule has 1 atom stereocenters. The maximum Gasteiger partial charge on any atom is 0.418 e. The van der Waals surface area contributed by atoms with E-state index in [1.807, 2.05) is 0 Å². The Bertz CT molecular complexity index is 1260. The zero-order valence-corrected chi connectivity index (χ0v) is 19.5. The van der Waals surface area contributed by atoms with Gasteiger partial charge in [-0.05, 0) is 42.3 Å². The summed E-state index contributed by atoms with van der Waals surface area (Å²) in [6.45, 7) is 0.570. The molecule has 2 N–H and O–H groups in total. The lowest BCUT2D eigenvalue weighted by Crippen LogP contribution is -2.42. The fourth-order valence-electron chi connectivity index (χ4n) is 3.57. The third-order valence-corrected chi connectivity index (χ3v) is 6.31. The molecule has 2 amide bonds. The number of hydrogen-bond donors (Lipinski definition) is 2. The molecule has 188 valence electrons. The molecule has 1 aliphatic heterocycles. The molecule has 3 aromatic rings. The molecule has 0 spiro atoms. The Balaban J connectivity index is 1.39. The Morgan fingerprint density at radius 2 is 1.97 bits per heavy atom. The van der Waals surface area contributed by atoms with Gasteiger partial charge < -0.3 is 15.4 Å². The van der Waals surface area contributed by atoms with Crippen molar-refractivity contribution in [2.24, 2.45) is 10.4 Å². The summed E-state index contributed by atoms with van der Waals surface area (Å²) in [4.78, 5) is 33.3. The summed E-state index contributed by atoms with van der Waals surface area (Å²) in [7, 11) is 0. The minimum absolute atomic E-state index is 0.0837. The standard InChI is InChI=1S/C24H20F4N4O3S/c25-16-3-6-19(18(9-16)24(26,27)28)32-17-4-1-15(2-5-17)10-30-22(34)23(7-8-35-13-23)12-31-21(33)20-11-29-14-36-20/h1-6,9,11-12,14,32H,7-8,10,13H2,(H,30,34)/t23-/m0/s1. The monoisotopic (exact) mass is 520 g/mol. The highest BCUT2D eigenvalue weighted by molar-refractivity contribution is 7.11. The third kappa shape index (κ3) is 5.94. The van der Waals surface area contributed by atoms with Gasteiger partial charge in [0, 0.05) is 25.1 Å². The number of benzene rings is 2. The van der Waals surface area contributed by atoms with Gasteiger partial charge >= 0.3 is 6.18 Å². The van der Waals surface area contributed by atoms with Crippen LogP contribution in [0.25, 0.3) is 0 Å². The molecule has 12 heteroatoms. The Morgan fingerprint density at radius 1 is 1.19 bits per heavy atom. The summed E-state index contributed by atoms with van der Waals surface area (Å²) in [5.74, 6) is -1.83. The van der Waals surface area contributed by atoms with E-state index < -0.39 is 28.9 Å². The lowest BCUT2D eigenvalue weighted by Gasteiger charge is -2.21. The molecule has 1 aromatic heterocycles. The van der Waals surface area contributed by atoms with E-state index in [9.17, 15) is 27.2 Å². The van der Waals surface area contributed by atoms with Crippen molar-refractivity contribution in [3.63, 3.8) is 0 Å². The van der Waals surface area contributed by atoms with Crippen molar-refractivity contribution in [1.82, 2.24) is 10.3 Å². The van der Waals surface area contributed by atoms with E-state index in [1.165, 1.54) is 17.9 Å². The van der Waals surface area contributed by atoms with Crippen LogP contribution in [-0.2, 0) is 22.3 Å². The Morgan fingerprint density at radius 3 is 2.61 bits per heavy atom. The number of hydrogen-bond acceptors (Lipinski definition) is 6. The SMILES string of the molecule is O=C(N=C[C@@]1(C(=O)NCc2ccc(Nc3ccc(F)cc3C(F)(F)F)cc2)CCOC1)c1cncs1. The lowest BCUT2D eigenvalue weighted by molar-refractivity contribution is -0.137. The molecule has 0 unspecified atom stereocenters. The first kappa shape index (κ1) is 25.5. The van der Waals surface area contributed by atoms with Gasteiger partial charge in [0.05, 0.1) is 29.6 Å². The van der Waals surface area contributed by atoms with Gasteiger partial charge in [0.15, 0.2) is 0 Å². The predicted octanol–water partition coefficient (Wildman–Crippen LogP) is 4.98. The van der Waals surface area contributed by atoms with Gasteiger partial charge in [-0.3, -0.25) is 14.6 Å². The number of aliphatic imine (C=N–C) groups is 1. The Kier molecular flexibility index (Phi) is 7.45. The summed E-state index contributed by atoms with van der Waals surface area (Å²) in [5, 5.41) is 5.45. The number of rotatable bonds is 7.